The zero-order valence-electron chi connectivity index (χ0n) is 17.8. The molecule has 1 saturated heterocycles. The van der Waals surface area contributed by atoms with Gasteiger partial charge in [0.2, 0.25) is 10.0 Å². The second-order valence-corrected chi connectivity index (χ2v) is 9.58. The maximum absolute atomic E-state index is 13.0. The van der Waals surface area contributed by atoms with Crippen LogP contribution in [0.4, 0.5) is 13.2 Å². The van der Waals surface area contributed by atoms with Crippen LogP contribution in [-0.4, -0.2) is 56.8 Å². The number of alkyl halides is 3. The van der Waals surface area contributed by atoms with Crippen molar-refractivity contribution in [3.63, 3.8) is 0 Å². The number of carbonyl (C=O) groups excluding carboxylic acids is 1. The molecule has 1 amide bonds. The molecule has 0 spiro atoms. The molecule has 0 N–H and O–H groups in total. The molecule has 0 saturated carbocycles. The van der Waals surface area contributed by atoms with Gasteiger partial charge in [0.05, 0.1) is 17.6 Å². The van der Waals surface area contributed by atoms with E-state index < -0.39 is 26.7 Å². The Kier molecular flexibility index (Phi) is 5.87. The van der Waals surface area contributed by atoms with Crippen molar-refractivity contribution < 1.29 is 35.5 Å². The highest BCUT2D eigenvalue weighted by molar-refractivity contribution is 7.89. The number of fused-ring (bicyclic) bond motifs is 1. The monoisotopic (exact) mass is 482 g/mol. The standard InChI is InChI=1S/C22H21F3N2O5S/c1-14-18-13-16(31-2)6-7-19(18)32-20(14)21(28)26-8-10-27(11-9-26)33(29,30)17-5-3-4-15(12-17)22(23,24)25/h3-7,12-13H,8-11H2,1-2H3. The molecule has 0 unspecified atom stereocenters. The van der Waals surface area contributed by atoms with E-state index in [0.29, 0.717) is 23.0 Å². The molecule has 1 aromatic heterocycles. The molecule has 3 aromatic rings. The summed E-state index contributed by atoms with van der Waals surface area (Å²) in [5.41, 5.74) is 0.143. The van der Waals surface area contributed by atoms with E-state index >= 15 is 0 Å². The number of methoxy groups -OCH3 is 1. The number of hydrogen-bond acceptors (Lipinski definition) is 5. The van der Waals surface area contributed by atoms with Crippen LogP contribution in [0.3, 0.4) is 0 Å². The van der Waals surface area contributed by atoms with E-state index in [2.05, 4.69) is 0 Å². The van der Waals surface area contributed by atoms with Gasteiger partial charge in [0.1, 0.15) is 11.3 Å². The van der Waals surface area contributed by atoms with Crippen LogP contribution in [0, 0.1) is 6.92 Å². The number of amides is 1. The van der Waals surface area contributed by atoms with Crippen molar-refractivity contribution >= 4 is 26.9 Å². The van der Waals surface area contributed by atoms with E-state index in [1.165, 1.54) is 12.0 Å². The van der Waals surface area contributed by atoms with Gasteiger partial charge >= 0.3 is 6.18 Å². The summed E-state index contributed by atoms with van der Waals surface area (Å²) in [5, 5.41) is 0.739. The maximum atomic E-state index is 13.0. The lowest BCUT2D eigenvalue weighted by atomic mass is 10.1. The number of furan rings is 1. The third kappa shape index (κ3) is 4.30. The second kappa shape index (κ2) is 8.38. The Bertz CT molecular complexity index is 1310. The third-order valence-corrected chi connectivity index (χ3v) is 7.56. The van der Waals surface area contributed by atoms with Crippen LogP contribution in [0.15, 0.2) is 51.8 Å². The molecule has 11 heteroatoms. The Morgan fingerprint density at radius 3 is 2.39 bits per heavy atom. The molecule has 2 aromatic carbocycles. The number of aryl methyl sites for hydroxylation is 1. The zero-order valence-corrected chi connectivity index (χ0v) is 18.7. The number of piperazine rings is 1. The maximum Gasteiger partial charge on any atom is 0.416 e. The smallest absolute Gasteiger partial charge is 0.416 e. The van der Waals surface area contributed by atoms with E-state index in [-0.39, 0.29) is 37.8 Å². The summed E-state index contributed by atoms with van der Waals surface area (Å²) < 4.78 is 76.7. The molecule has 0 bridgehead atoms. The van der Waals surface area contributed by atoms with Gasteiger partial charge in [-0.15, -0.1) is 0 Å². The zero-order chi connectivity index (χ0) is 24.0. The Morgan fingerprint density at radius 2 is 1.76 bits per heavy atom. The Hall–Kier alpha value is -3.05. The quantitative estimate of drug-likeness (QED) is 0.563. The number of sulfonamides is 1. The van der Waals surface area contributed by atoms with Gasteiger partial charge in [-0.1, -0.05) is 6.07 Å². The molecule has 0 atom stereocenters. The summed E-state index contributed by atoms with van der Waals surface area (Å²) in [7, 11) is -2.60. The van der Waals surface area contributed by atoms with Crippen LogP contribution in [0.5, 0.6) is 5.75 Å². The van der Waals surface area contributed by atoms with E-state index in [9.17, 15) is 26.4 Å². The van der Waals surface area contributed by atoms with Gasteiger partial charge in [-0.3, -0.25) is 4.79 Å². The van der Waals surface area contributed by atoms with Crippen LogP contribution in [-0.2, 0) is 16.2 Å². The van der Waals surface area contributed by atoms with Crippen LogP contribution in [0.1, 0.15) is 21.7 Å². The van der Waals surface area contributed by atoms with Gasteiger partial charge in [-0.2, -0.15) is 17.5 Å². The molecular formula is C22H21F3N2O5S. The molecule has 33 heavy (non-hydrogen) atoms. The average Bonchev–Trinajstić information content (AvgIpc) is 3.14. The summed E-state index contributed by atoms with van der Waals surface area (Å²) in [5.74, 6) is 0.407. The highest BCUT2D eigenvalue weighted by Crippen LogP contribution is 2.32. The first-order chi connectivity index (χ1) is 15.5. The minimum Gasteiger partial charge on any atom is -0.497 e. The summed E-state index contributed by atoms with van der Waals surface area (Å²) in [6.07, 6.45) is -4.65. The SMILES string of the molecule is COc1ccc2oc(C(=O)N3CCN(S(=O)(=O)c4cccc(C(F)(F)F)c4)CC3)c(C)c2c1. The molecule has 2 heterocycles. The van der Waals surface area contributed by atoms with Crippen LogP contribution in [0.2, 0.25) is 0 Å². The first kappa shape index (κ1) is 23.1. The van der Waals surface area contributed by atoms with Crippen LogP contribution in [0.25, 0.3) is 11.0 Å². The molecule has 1 fully saturated rings. The summed E-state index contributed by atoms with van der Waals surface area (Å²) in [6, 6.07) is 8.84. The lowest BCUT2D eigenvalue weighted by Crippen LogP contribution is -2.50. The molecule has 0 radical (unpaired) electrons. The van der Waals surface area contributed by atoms with Crippen molar-refractivity contribution in [3.8, 4) is 5.75 Å². The Balaban J connectivity index is 1.50. The van der Waals surface area contributed by atoms with E-state index in [1.807, 2.05) is 0 Å². The number of rotatable bonds is 4. The van der Waals surface area contributed by atoms with Gasteiger partial charge in [-0.25, -0.2) is 8.42 Å². The molecule has 0 aliphatic carbocycles. The average molecular weight is 482 g/mol. The molecule has 7 nitrogen and oxygen atoms in total. The van der Waals surface area contributed by atoms with Crippen molar-refractivity contribution in [3.05, 3.63) is 59.4 Å². The highest BCUT2D eigenvalue weighted by Gasteiger charge is 2.35. The van der Waals surface area contributed by atoms with Crippen molar-refractivity contribution in [2.45, 2.75) is 18.0 Å². The fourth-order valence-electron chi connectivity index (χ4n) is 3.79. The minimum absolute atomic E-state index is 0.0442. The van der Waals surface area contributed by atoms with Gasteiger partial charge in [0.15, 0.2) is 5.76 Å². The van der Waals surface area contributed by atoms with Crippen LogP contribution >= 0.6 is 0 Å². The van der Waals surface area contributed by atoms with Crippen molar-refractivity contribution in [1.82, 2.24) is 9.21 Å². The first-order valence-corrected chi connectivity index (χ1v) is 11.5. The van der Waals surface area contributed by atoms with E-state index in [4.69, 9.17) is 9.15 Å². The fraction of sp³-hybridized carbons (Fsp3) is 0.318. The fourth-order valence-corrected chi connectivity index (χ4v) is 5.26. The van der Waals surface area contributed by atoms with Gasteiger partial charge in [0.25, 0.3) is 5.91 Å². The lowest BCUT2D eigenvalue weighted by molar-refractivity contribution is -0.137. The number of halogens is 3. The molecule has 176 valence electrons. The van der Waals surface area contributed by atoms with Crippen LogP contribution < -0.4 is 4.74 Å². The van der Waals surface area contributed by atoms with Gasteiger partial charge < -0.3 is 14.1 Å². The predicted octanol–water partition coefficient (Wildman–Crippen LogP) is 3.92. The summed E-state index contributed by atoms with van der Waals surface area (Å²) in [4.78, 5) is 14.1. The molecule has 1 aliphatic rings. The normalized spacial score (nSPS) is 15.7. The van der Waals surface area contributed by atoms with Crippen molar-refractivity contribution in [2.75, 3.05) is 33.3 Å². The molecule has 1 aliphatic heterocycles. The predicted molar refractivity (Wildman–Crippen MR) is 114 cm³/mol. The van der Waals surface area contributed by atoms with Crippen molar-refractivity contribution in [1.29, 1.82) is 0 Å². The summed E-state index contributed by atoms with van der Waals surface area (Å²) >= 11 is 0. The summed E-state index contributed by atoms with van der Waals surface area (Å²) in [6.45, 7) is 1.83. The number of benzene rings is 2. The number of ether oxygens (including phenoxy) is 1. The lowest BCUT2D eigenvalue weighted by Gasteiger charge is -2.33. The van der Waals surface area contributed by atoms with E-state index in [1.54, 1.807) is 25.1 Å². The van der Waals surface area contributed by atoms with Crippen molar-refractivity contribution in [2.24, 2.45) is 0 Å². The molecular weight excluding hydrogens is 461 g/mol. The Labute approximate surface area is 188 Å². The minimum atomic E-state index is -4.65. The highest BCUT2D eigenvalue weighted by atomic mass is 32.2. The van der Waals surface area contributed by atoms with E-state index in [0.717, 1.165) is 27.9 Å². The number of nitrogens with zero attached hydrogens (tertiary/aromatic N) is 2. The largest absolute Gasteiger partial charge is 0.497 e. The number of carbonyl (C=O) groups is 1. The second-order valence-electron chi connectivity index (χ2n) is 7.64. The van der Waals surface area contributed by atoms with Gasteiger partial charge in [0, 0.05) is 37.1 Å². The number of hydrogen-bond donors (Lipinski definition) is 0. The van der Waals surface area contributed by atoms with Gasteiger partial charge in [-0.05, 0) is 43.3 Å². The topological polar surface area (TPSA) is 80.1 Å². The third-order valence-electron chi connectivity index (χ3n) is 5.66. The first-order valence-electron chi connectivity index (χ1n) is 10.1. The molecule has 4 rings (SSSR count). The Morgan fingerprint density at radius 1 is 1.06 bits per heavy atom.